The van der Waals surface area contributed by atoms with Crippen LogP contribution in [0.25, 0.3) is 10.9 Å². The Labute approximate surface area is 166 Å². The first-order chi connectivity index (χ1) is 13.2. The van der Waals surface area contributed by atoms with Gasteiger partial charge in [0.2, 0.25) is 0 Å². The van der Waals surface area contributed by atoms with Crippen LogP contribution in [0.2, 0.25) is 0 Å². The van der Waals surface area contributed by atoms with Crippen molar-refractivity contribution in [2.24, 2.45) is 10.7 Å². The maximum absolute atomic E-state index is 6.12. The zero-order valence-electron chi connectivity index (χ0n) is 16.6. The summed E-state index contributed by atoms with van der Waals surface area (Å²) in [5.41, 5.74) is 8.33. The van der Waals surface area contributed by atoms with Crippen LogP contribution in [0.5, 0.6) is 0 Å². The first-order valence-electron chi connectivity index (χ1n) is 9.88. The fourth-order valence-electron chi connectivity index (χ4n) is 3.66. The minimum absolute atomic E-state index is 0.584. The predicted molar refractivity (Wildman–Crippen MR) is 118 cm³/mol. The van der Waals surface area contributed by atoms with Crippen LogP contribution in [0.3, 0.4) is 0 Å². The van der Waals surface area contributed by atoms with Crippen LogP contribution in [-0.4, -0.2) is 35.4 Å². The molecule has 1 saturated heterocycles. The Morgan fingerprint density at radius 2 is 2.00 bits per heavy atom. The Kier molecular flexibility index (Phi) is 6.69. The molecule has 144 valence electrons. The normalized spacial score (nSPS) is 18.8. The number of likely N-dealkylation sites (tertiary alicyclic amines) is 1. The third-order valence-corrected chi connectivity index (χ3v) is 5.93. The second-order valence-corrected chi connectivity index (χ2v) is 7.78. The zero-order valence-corrected chi connectivity index (χ0v) is 17.4. The molecule has 1 aliphatic rings. The summed E-state index contributed by atoms with van der Waals surface area (Å²) in [6, 6.07) is 13.2. The molecular formula is C22H30N4S. The van der Waals surface area contributed by atoms with E-state index in [1.807, 2.05) is 31.4 Å². The van der Waals surface area contributed by atoms with E-state index in [2.05, 4.69) is 52.0 Å². The topological polar surface area (TPSA) is 46.5 Å². The second kappa shape index (κ2) is 9.20. The Balaban J connectivity index is 0.00000102. The highest BCUT2D eigenvalue weighted by Crippen LogP contribution is 2.30. The van der Waals surface area contributed by atoms with E-state index >= 15 is 0 Å². The third-order valence-electron chi connectivity index (χ3n) is 5.04. The molecule has 5 heteroatoms. The van der Waals surface area contributed by atoms with Gasteiger partial charge in [-0.1, -0.05) is 19.9 Å². The average molecular weight is 383 g/mol. The van der Waals surface area contributed by atoms with Gasteiger partial charge in [-0.15, -0.1) is 11.3 Å². The molecule has 0 aliphatic carbocycles. The summed E-state index contributed by atoms with van der Waals surface area (Å²) in [7, 11) is 2.22. The molecule has 2 aromatic heterocycles. The van der Waals surface area contributed by atoms with Crippen molar-refractivity contribution in [2.45, 2.75) is 39.2 Å². The van der Waals surface area contributed by atoms with Crippen molar-refractivity contribution in [3.05, 3.63) is 52.9 Å². The molecule has 0 spiro atoms. The van der Waals surface area contributed by atoms with E-state index in [-0.39, 0.29) is 0 Å². The summed E-state index contributed by atoms with van der Waals surface area (Å²) in [4.78, 5) is 8.04. The zero-order chi connectivity index (χ0) is 19.2. The van der Waals surface area contributed by atoms with Crippen LogP contribution >= 0.6 is 11.3 Å². The number of aliphatic imine (C=N–C) groups is 1. The maximum Gasteiger partial charge on any atom is 0.141 e. The summed E-state index contributed by atoms with van der Waals surface area (Å²) in [5.74, 6) is 0.584. The molecule has 1 atom stereocenters. The number of amidine groups is 1. The van der Waals surface area contributed by atoms with E-state index in [4.69, 9.17) is 5.73 Å². The molecule has 1 unspecified atom stereocenters. The van der Waals surface area contributed by atoms with Gasteiger partial charge < -0.3 is 15.2 Å². The van der Waals surface area contributed by atoms with E-state index in [9.17, 15) is 0 Å². The van der Waals surface area contributed by atoms with Gasteiger partial charge in [0, 0.05) is 23.1 Å². The van der Waals surface area contributed by atoms with Crippen molar-refractivity contribution >= 4 is 33.8 Å². The lowest BCUT2D eigenvalue weighted by Gasteiger charge is -2.18. The van der Waals surface area contributed by atoms with Gasteiger partial charge in [-0.25, -0.2) is 4.99 Å². The molecule has 4 nitrogen and oxygen atoms in total. The molecular weight excluding hydrogens is 352 g/mol. The highest BCUT2D eigenvalue weighted by atomic mass is 32.1. The molecule has 0 bridgehead atoms. The standard InChI is InChI=1S/C20H24N4S.C2H6/c1-23-10-2-4-17(9-11-23)24-12-8-15-14-16(6-7-18(15)24)22-20(21)19-5-3-13-25-19;1-2/h3,5-8,12-14,17H,2,4,9-11H2,1H3,(H2,21,22);1-2H3. The fraction of sp³-hybridized carbons (Fsp3) is 0.409. The quantitative estimate of drug-likeness (QED) is 0.485. The van der Waals surface area contributed by atoms with Gasteiger partial charge in [0.15, 0.2) is 0 Å². The minimum Gasteiger partial charge on any atom is -0.383 e. The number of thiophene rings is 1. The Morgan fingerprint density at radius 3 is 2.78 bits per heavy atom. The molecule has 3 aromatic rings. The van der Waals surface area contributed by atoms with Gasteiger partial charge in [0.1, 0.15) is 5.84 Å². The Hall–Kier alpha value is -2.11. The molecule has 3 heterocycles. The van der Waals surface area contributed by atoms with Crippen molar-refractivity contribution in [1.29, 1.82) is 0 Å². The van der Waals surface area contributed by atoms with Crippen LogP contribution in [0.15, 0.2) is 53.0 Å². The predicted octanol–water partition coefficient (Wildman–Crippen LogP) is 5.42. The van der Waals surface area contributed by atoms with Crippen LogP contribution in [-0.2, 0) is 0 Å². The van der Waals surface area contributed by atoms with E-state index in [0.29, 0.717) is 11.9 Å². The second-order valence-electron chi connectivity index (χ2n) is 6.83. The number of hydrogen-bond donors (Lipinski definition) is 1. The van der Waals surface area contributed by atoms with Gasteiger partial charge in [-0.2, -0.15) is 0 Å². The van der Waals surface area contributed by atoms with E-state index in [1.54, 1.807) is 11.3 Å². The van der Waals surface area contributed by atoms with Gasteiger partial charge in [0.05, 0.1) is 10.6 Å². The lowest BCUT2D eigenvalue weighted by Crippen LogP contribution is -2.19. The summed E-state index contributed by atoms with van der Waals surface area (Å²) in [5, 5.41) is 3.25. The van der Waals surface area contributed by atoms with Crippen molar-refractivity contribution in [1.82, 2.24) is 9.47 Å². The maximum atomic E-state index is 6.12. The summed E-state index contributed by atoms with van der Waals surface area (Å²) < 4.78 is 2.45. The highest BCUT2D eigenvalue weighted by molar-refractivity contribution is 7.12. The molecule has 2 N–H and O–H groups in total. The van der Waals surface area contributed by atoms with Crippen LogP contribution in [0, 0.1) is 0 Å². The van der Waals surface area contributed by atoms with Gasteiger partial charge in [0.25, 0.3) is 0 Å². The lowest BCUT2D eigenvalue weighted by molar-refractivity contribution is 0.342. The van der Waals surface area contributed by atoms with E-state index in [0.717, 1.165) is 10.6 Å². The summed E-state index contributed by atoms with van der Waals surface area (Å²) in [6.07, 6.45) is 5.96. The average Bonchev–Trinajstić information content (AvgIpc) is 3.31. The molecule has 27 heavy (non-hydrogen) atoms. The SMILES string of the molecule is CC.CN1CCCC(n2ccc3cc(N=C(N)c4cccs4)ccc32)CC1. The number of nitrogens with zero attached hydrogens (tertiary/aromatic N) is 3. The number of benzene rings is 1. The first-order valence-corrected chi connectivity index (χ1v) is 10.8. The molecule has 1 aliphatic heterocycles. The summed E-state index contributed by atoms with van der Waals surface area (Å²) >= 11 is 1.62. The lowest BCUT2D eigenvalue weighted by atomic mass is 10.1. The molecule has 0 radical (unpaired) electrons. The number of aromatic nitrogens is 1. The Bertz CT molecular complexity index is 879. The van der Waals surface area contributed by atoms with E-state index < -0.39 is 0 Å². The first kappa shape index (κ1) is 19.6. The Morgan fingerprint density at radius 1 is 1.15 bits per heavy atom. The molecule has 4 rings (SSSR count). The number of hydrogen-bond acceptors (Lipinski definition) is 3. The van der Waals surface area contributed by atoms with Gasteiger partial charge in [-0.3, -0.25) is 0 Å². The van der Waals surface area contributed by atoms with Gasteiger partial charge in [-0.05, 0) is 75.1 Å². The third kappa shape index (κ3) is 4.60. The fourth-order valence-corrected chi connectivity index (χ4v) is 4.29. The molecule has 1 fully saturated rings. The largest absolute Gasteiger partial charge is 0.383 e. The van der Waals surface area contributed by atoms with Crippen molar-refractivity contribution in [3.63, 3.8) is 0 Å². The van der Waals surface area contributed by atoms with Crippen molar-refractivity contribution < 1.29 is 0 Å². The van der Waals surface area contributed by atoms with Crippen LogP contribution < -0.4 is 5.73 Å². The van der Waals surface area contributed by atoms with Crippen molar-refractivity contribution in [2.75, 3.05) is 20.1 Å². The summed E-state index contributed by atoms with van der Waals surface area (Å²) in [6.45, 7) is 6.38. The number of fused-ring (bicyclic) bond motifs is 1. The van der Waals surface area contributed by atoms with Crippen LogP contribution in [0.1, 0.15) is 44.0 Å². The highest BCUT2D eigenvalue weighted by Gasteiger charge is 2.17. The smallest absolute Gasteiger partial charge is 0.141 e. The molecule has 0 amide bonds. The van der Waals surface area contributed by atoms with Gasteiger partial charge >= 0.3 is 0 Å². The molecule has 1 aromatic carbocycles. The van der Waals surface area contributed by atoms with E-state index in [1.165, 1.54) is 43.3 Å². The number of rotatable bonds is 3. The van der Waals surface area contributed by atoms with Crippen molar-refractivity contribution in [3.8, 4) is 0 Å². The minimum atomic E-state index is 0.584. The monoisotopic (exact) mass is 382 g/mol. The molecule has 0 saturated carbocycles. The number of nitrogens with two attached hydrogens (primary N) is 1. The van der Waals surface area contributed by atoms with Crippen LogP contribution in [0.4, 0.5) is 5.69 Å².